The molecular weight excluding hydrogens is 432 g/mol. The molecule has 8 nitrogen and oxygen atoms in total. The van der Waals surface area contributed by atoms with Gasteiger partial charge < -0.3 is 4.74 Å². The van der Waals surface area contributed by atoms with Gasteiger partial charge in [-0.3, -0.25) is 14.9 Å². The normalized spacial score (nSPS) is 11.2. The lowest BCUT2D eigenvalue weighted by atomic mass is 10.0. The maximum Gasteiger partial charge on any atom is 0.276 e. The molecule has 4 aromatic rings. The second kappa shape index (κ2) is 10.2. The van der Waals surface area contributed by atoms with E-state index >= 15 is 0 Å². The van der Waals surface area contributed by atoms with Gasteiger partial charge >= 0.3 is 0 Å². The molecule has 0 bridgehead atoms. The van der Waals surface area contributed by atoms with Crippen molar-refractivity contribution >= 4 is 34.8 Å². The number of pyridine rings is 1. The van der Waals surface area contributed by atoms with Gasteiger partial charge in [0, 0.05) is 23.2 Å². The Morgan fingerprint density at radius 2 is 1.79 bits per heavy atom. The first-order chi connectivity index (χ1) is 16.6. The van der Waals surface area contributed by atoms with Crippen molar-refractivity contribution in [1.29, 1.82) is 0 Å². The Hall–Kier alpha value is -4.85. The van der Waals surface area contributed by atoms with Crippen molar-refractivity contribution < 1.29 is 14.5 Å². The third-order valence-electron chi connectivity index (χ3n) is 5.08. The van der Waals surface area contributed by atoms with Gasteiger partial charge in [-0.15, -0.1) is 0 Å². The number of ether oxygens (including phenoxy) is 1. The van der Waals surface area contributed by atoms with Crippen LogP contribution in [-0.4, -0.2) is 29.1 Å². The molecule has 1 amide bonds. The smallest absolute Gasteiger partial charge is 0.276 e. The third kappa shape index (κ3) is 4.81. The van der Waals surface area contributed by atoms with E-state index in [1.807, 2.05) is 48.5 Å². The highest BCUT2D eigenvalue weighted by molar-refractivity contribution is 6.07. The van der Waals surface area contributed by atoms with Gasteiger partial charge in [-0.1, -0.05) is 42.5 Å². The van der Waals surface area contributed by atoms with Gasteiger partial charge in [0.05, 0.1) is 34.4 Å². The first-order valence-electron chi connectivity index (χ1n) is 10.3. The lowest BCUT2D eigenvalue weighted by Crippen LogP contribution is -2.18. The molecule has 1 aromatic heterocycles. The molecule has 0 aliphatic heterocycles. The van der Waals surface area contributed by atoms with Crippen molar-refractivity contribution in [2.24, 2.45) is 5.10 Å². The lowest BCUT2D eigenvalue weighted by Gasteiger charge is -2.11. The van der Waals surface area contributed by atoms with Gasteiger partial charge in [-0.05, 0) is 42.5 Å². The fourth-order valence-electron chi connectivity index (χ4n) is 3.50. The minimum Gasteiger partial charge on any atom is -0.496 e. The molecule has 0 radical (unpaired) electrons. The largest absolute Gasteiger partial charge is 0.496 e. The van der Waals surface area contributed by atoms with Crippen molar-refractivity contribution in [3.05, 3.63) is 106 Å². The predicted molar refractivity (Wildman–Crippen MR) is 132 cm³/mol. The van der Waals surface area contributed by atoms with Crippen molar-refractivity contribution in [1.82, 2.24) is 10.4 Å². The summed E-state index contributed by atoms with van der Waals surface area (Å²) < 4.78 is 5.45. The highest BCUT2D eigenvalue weighted by atomic mass is 16.6. The van der Waals surface area contributed by atoms with Crippen LogP contribution in [0.4, 0.5) is 5.69 Å². The van der Waals surface area contributed by atoms with Gasteiger partial charge in [0.25, 0.3) is 11.6 Å². The summed E-state index contributed by atoms with van der Waals surface area (Å²) in [6.07, 6.45) is 4.43. The average molecular weight is 452 g/mol. The standard InChI is InChI=1S/C26H20N4O4/c1-34-25-15-7-4-12-20(25)23-17-21(19-11-3-5-13-22(19)28-23)26(31)29-27-16-8-10-18-9-2-6-14-24(18)30(32)33/h2-17H,1H3,(H,29,31). The van der Waals surface area contributed by atoms with Crippen LogP contribution in [0.25, 0.3) is 28.2 Å². The zero-order valence-electron chi connectivity index (χ0n) is 18.2. The summed E-state index contributed by atoms with van der Waals surface area (Å²) >= 11 is 0. The summed E-state index contributed by atoms with van der Waals surface area (Å²) in [7, 11) is 1.58. The number of amides is 1. The van der Waals surface area contributed by atoms with E-state index in [4.69, 9.17) is 9.72 Å². The molecule has 3 aromatic carbocycles. The van der Waals surface area contributed by atoms with Crippen LogP contribution in [-0.2, 0) is 0 Å². The number of fused-ring (bicyclic) bond motifs is 1. The summed E-state index contributed by atoms with van der Waals surface area (Å²) in [4.78, 5) is 28.3. The average Bonchev–Trinajstić information content (AvgIpc) is 2.87. The van der Waals surface area contributed by atoms with Gasteiger partial charge in [-0.25, -0.2) is 10.4 Å². The number of allylic oxidation sites excluding steroid dienone is 1. The second-order valence-corrected chi connectivity index (χ2v) is 7.17. The van der Waals surface area contributed by atoms with Gasteiger partial charge in [0.1, 0.15) is 5.75 Å². The third-order valence-corrected chi connectivity index (χ3v) is 5.08. The molecule has 0 saturated carbocycles. The molecule has 34 heavy (non-hydrogen) atoms. The van der Waals surface area contributed by atoms with Crippen molar-refractivity contribution in [3.8, 4) is 17.0 Å². The number of carbonyl (C=O) groups is 1. The van der Waals surface area contributed by atoms with Crippen LogP contribution in [0.15, 0.2) is 90.0 Å². The van der Waals surface area contributed by atoms with Crippen LogP contribution >= 0.6 is 0 Å². The number of nitrogens with one attached hydrogen (secondary N) is 1. The van der Waals surface area contributed by atoms with E-state index in [-0.39, 0.29) is 5.69 Å². The number of aromatic nitrogens is 1. The molecule has 4 rings (SSSR count). The van der Waals surface area contributed by atoms with Crippen molar-refractivity contribution in [2.45, 2.75) is 0 Å². The molecule has 1 heterocycles. The molecule has 0 saturated heterocycles. The van der Waals surface area contributed by atoms with E-state index in [9.17, 15) is 14.9 Å². The maximum absolute atomic E-state index is 13.0. The Morgan fingerprint density at radius 1 is 1.06 bits per heavy atom. The molecule has 1 N–H and O–H groups in total. The number of carbonyl (C=O) groups excluding carboxylic acids is 1. The molecular formula is C26H20N4O4. The highest BCUT2D eigenvalue weighted by Gasteiger charge is 2.15. The number of rotatable bonds is 7. The number of nitrogens with zero attached hydrogens (tertiary/aromatic N) is 3. The zero-order valence-corrected chi connectivity index (χ0v) is 18.2. The van der Waals surface area contributed by atoms with E-state index in [1.165, 1.54) is 18.4 Å². The SMILES string of the molecule is COc1ccccc1-c1cc(C(=O)NN=CC=Cc2ccccc2[N+](=O)[O-])c2ccccc2n1. The number of nitro benzene ring substituents is 1. The van der Waals surface area contributed by atoms with E-state index in [0.29, 0.717) is 33.5 Å². The Kier molecular flexibility index (Phi) is 6.69. The predicted octanol–water partition coefficient (Wildman–Crippen LogP) is 5.25. The second-order valence-electron chi connectivity index (χ2n) is 7.17. The number of hydrazone groups is 1. The van der Waals surface area contributed by atoms with Gasteiger partial charge in [0.15, 0.2) is 0 Å². The molecule has 8 heteroatoms. The van der Waals surface area contributed by atoms with Crippen LogP contribution in [0.3, 0.4) is 0 Å². The Labute approximate surface area is 195 Å². The number of benzene rings is 3. The van der Waals surface area contributed by atoms with Crippen LogP contribution < -0.4 is 10.2 Å². The lowest BCUT2D eigenvalue weighted by molar-refractivity contribution is -0.385. The van der Waals surface area contributed by atoms with E-state index in [1.54, 1.807) is 37.5 Å². The van der Waals surface area contributed by atoms with E-state index in [2.05, 4.69) is 10.5 Å². The van der Waals surface area contributed by atoms with Gasteiger partial charge in [0.2, 0.25) is 0 Å². The monoisotopic (exact) mass is 452 g/mol. The van der Waals surface area contributed by atoms with Crippen LogP contribution in [0.5, 0.6) is 5.75 Å². The summed E-state index contributed by atoms with van der Waals surface area (Å²) in [6.45, 7) is 0. The summed E-state index contributed by atoms with van der Waals surface area (Å²) in [6, 6.07) is 22.9. The molecule has 0 atom stereocenters. The first kappa shape index (κ1) is 22.3. The van der Waals surface area contributed by atoms with Crippen molar-refractivity contribution in [3.63, 3.8) is 0 Å². The van der Waals surface area contributed by atoms with Gasteiger partial charge in [-0.2, -0.15) is 5.10 Å². The van der Waals surface area contributed by atoms with E-state index < -0.39 is 10.8 Å². The quantitative estimate of drug-likeness (QED) is 0.234. The number of para-hydroxylation sites is 3. The summed E-state index contributed by atoms with van der Waals surface area (Å²) in [5.41, 5.74) is 5.37. The first-order valence-corrected chi connectivity index (χ1v) is 10.3. The Bertz CT molecular complexity index is 1430. The fraction of sp³-hybridized carbons (Fsp3) is 0.0385. The van der Waals surface area contributed by atoms with E-state index in [0.717, 1.165) is 5.56 Å². The topological polar surface area (TPSA) is 107 Å². The molecule has 0 spiro atoms. The number of hydrogen-bond acceptors (Lipinski definition) is 6. The minimum atomic E-state index is -0.452. The fourth-order valence-corrected chi connectivity index (χ4v) is 3.50. The maximum atomic E-state index is 13.0. The summed E-state index contributed by atoms with van der Waals surface area (Å²) in [5, 5.41) is 15.7. The highest BCUT2D eigenvalue weighted by Crippen LogP contribution is 2.31. The number of nitro groups is 1. The molecule has 0 aliphatic rings. The van der Waals surface area contributed by atoms with Crippen LogP contribution in [0, 0.1) is 10.1 Å². The molecule has 0 aliphatic carbocycles. The van der Waals surface area contributed by atoms with Crippen LogP contribution in [0.1, 0.15) is 15.9 Å². The zero-order chi connectivity index (χ0) is 23.9. The molecule has 168 valence electrons. The summed E-state index contributed by atoms with van der Waals surface area (Å²) in [5.74, 6) is 0.236. The minimum absolute atomic E-state index is 0.0108. The Balaban J connectivity index is 1.60. The molecule has 0 fully saturated rings. The van der Waals surface area contributed by atoms with Crippen LogP contribution in [0.2, 0.25) is 0 Å². The molecule has 0 unspecified atom stereocenters. The van der Waals surface area contributed by atoms with Crippen molar-refractivity contribution in [2.75, 3.05) is 7.11 Å². The number of hydrogen-bond donors (Lipinski definition) is 1. The Morgan fingerprint density at radius 3 is 2.62 bits per heavy atom. The number of methoxy groups -OCH3 is 1.